The van der Waals surface area contributed by atoms with Gasteiger partial charge in [-0.05, 0) is 49.4 Å². The first-order valence-electron chi connectivity index (χ1n) is 8.58. The zero-order valence-corrected chi connectivity index (χ0v) is 15.5. The molecule has 1 N–H and O–H groups in total. The maximum Gasteiger partial charge on any atom is 0.416 e. The largest absolute Gasteiger partial charge is 0.462 e. The number of H-pyrrole nitrogens is 1. The van der Waals surface area contributed by atoms with E-state index in [9.17, 15) is 22.8 Å². The molecule has 0 aliphatic rings. The smallest absolute Gasteiger partial charge is 0.416 e. The lowest BCUT2D eigenvalue weighted by Gasteiger charge is -2.15. The number of carbonyl (C=O) groups is 1. The minimum Gasteiger partial charge on any atom is -0.462 e. The summed E-state index contributed by atoms with van der Waals surface area (Å²) in [5, 5.41) is 4.08. The number of hydrogen-bond acceptors (Lipinski definition) is 5. The van der Waals surface area contributed by atoms with Crippen LogP contribution in [-0.4, -0.2) is 34.4 Å². The van der Waals surface area contributed by atoms with Crippen molar-refractivity contribution < 1.29 is 22.7 Å². The van der Waals surface area contributed by atoms with E-state index in [0.717, 1.165) is 16.8 Å². The molecule has 0 amide bonds. The van der Waals surface area contributed by atoms with Gasteiger partial charge in [-0.25, -0.2) is 9.59 Å². The molecule has 0 aliphatic carbocycles. The summed E-state index contributed by atoms with van der Waals surface area (Å²) < 4.78 is 44.5. The van der Waals surface area contributed by atoms with Gasteiger partial charge in [0.1, 0.15) is 0 Å². The molecule has 0 unspecified atom stereocenters. The van der Waals surface area contributed by atoms with Gasteiger partial charge in [0, 0.05) is 12.7 Å². The molecule has 3 aromatic rings. The maximum absolute atomic E-state index is 12.9. The van der Waals surface area contributed by atoms with Crippen molar-refractivity contribution in [1.29, 1.82) is 0 Å². The van der Waals surface area contributed by atoms with Crippen LogP contribution >= 0.6 is 0 Å². The second-order valence-electron chi connectivity index (χ2n) is 6.04. The Morgan fingerprint density at radius 2 is 1.90 bits per heavy atom. The predicted octanol–water partition coefficient (Wildman–Crippen LogP) is 3.52. The average molecular weight is 406 g/mol. The quantitative estimate of drug-likeness (QED) is 0.656. The van der Waals surface area contributed by atoms with E-state index in [0.29, 0.717) is 11.3 Å². The lowest BCUT2D eigenvalue weighted by atomic mass is 10.2. The van der Waals surface area contributed by atoms with Gasteiger partial charge in [0.05, 0.1) is 23.4 Å². The number of aromatic amines is 1. The fraction of sp³-hybridized carbons (Fsp3) is 0.211. The molecule has 0 atom stereocenters. The van der Waals surface area contributed by atoms with Crippen molar-refractivity contribution in [3.8, 4) is 5.69 Å². The van der Waals surface area contributed by atoms with Crippen LogP contribution in [0.5, 0.6) is 0 Å². The lowest BCUT2D eigenvalue weighted by Crippen LogP contribution is -2.16. The fourth-order valence-corrected chi connectivity index (χ4v) is 2.61. The Kier molecular flexibility index (Phi) is 5.44. The van der Waals surface area contributed by atoms with Gasteiger partial charge in [-0.1, -0.05) is 6.07 Å². The highest BCUT2D eigenvalue weighted by molar-refractivity contribution is 5.89. The maximum atomic E-state index is 12.9. The SMILES string of the molecule is CCOC(=O)c1ccc(N(C)c2nn(-c3cccc(C(F)(F)F)c3)c(=O)[nH]2)cc1. The van der Waals surface area contributed by atoms with Gasteiger partial charge < -0.3 is 9.64 Å². The van der Waals surface area contributed by atoms with Crippen molar-refractivity contribution in [3.63, 3.8) is 0 Å². The van der Waals surface area contributed by atoms with Crippen LogP contribution in [0.2, 0.25) is 0 Å². The predicted molar refractivity (Wildman–Crippen MR) is 99.6 cm³/mol. The number of nitrogens with zero attached hydrogens (tertiary/aromatic N) is 3. The van der Waals surface area contributed by atoms with Crippen molar-refractivity contribution in [3.05, 3.63) is 70.1 Å². The molecule has 152 valence electrons. The molecule has 0 fully saturated rings. The summed E-state index contributed by atoms with van der Waals surface area (Å²) in [5.41, 5.74) is -0.614. The summed E-state index contributed by atoms with van der Waals surface area (Å²) in [6, 6.07) is 10.7. The topological polar surface area (TPSA) is 80.2 Å². The second-order valence-corrected chi connectivity index (χ2v) is 6.04. The number of hydrogen-bond donors (Lipinski definition) is 1. The Labute approximate surface area is 163 Å². The third-order valence-electron chi connectivity index (χ3n) is 4.11. The van der Waals surface area contributed by atoms with Gasteiger partial charge in [-0.15, -0.1) is 5.10 Å². The van der Waals surface area contributed by atoms with Gasteiger partial charge in [-0.2, -0.15) is 17.9 Å². The van der Waals surface area contributed by atoms with Crippen molar-refractivity contribution in [2.75, 3.05) is 18.6 Å². The summed E-state index contributed by atoms with van der Waals surface area (Å²) in [6.07, 6.45) is -4.53. The molecule has 0 aliphatic heterocycles. The molecule has 2 aromatic carbocycles. The number of carbonyl (C=O) groups excluding carboxylic acids is 1. The standard InChI is InChI=1S/C19H17F3N4O3/c1-3-29-16(27)12-7-9-14(10-8-12)25(2)17-23-18(28)26(24-17)15-6-4-5-13(11-15)19(20,21)22/h4-11H,3H2,1-2H3,(H,23,24,28). The van der Waals surface area contributed by atoms with E-state index in [2.05, 4.69) is 10.1 Å². The molecule has 3 rings (SSSR count). The number of halogens is 3. The van der Waals surface area contributed by atoms with Crippen LogP contribution in [0.4, 0.5) is 24.8 Å². The normalized spacial score (nSPS) is 11.3. The van der Waals surface area contributed by atoms with E-state index in [1.165, 1.54) is 17.0 Å². The second kappa shape index (κ2) is 7.82. The zero-order chi connectivity index (χ0) is 21.2. The molecule has 0 bridgehead atoms. The van der Waals surface area contributed by atoms with Crippen LogP contribution in [0.15, 0.2) is 53.3 Å². The highest BCUT2D eigenvalue weighted by Crippen LogP contribution is 2.30. The highest BCUT2D eigenvalue weighted by Gasteiger charge is 2.30. The molecule has 1 aromatic heterocycles. The van der Waals surface area contributed by atoms with E-state index in [1.807, 2.05) is 0 Å². The number of esters is 1. The minimum atomic E-state index is -4.53. The van der Waals surface area contributed by atoms with Crippen LogP contribution in [0.1, 0.15) is 22.8 Å². The first kappa shape index (κ1) is 20.2. The van der Waals surface area contributed by atoms with Crippen molar-refractivity contribution in [2.45, 2.75) is 13.1 Å². The van der Waals surface area contributed by atoms with E-state index in [4.69, 9.17) is 4.74 Å². The first-order chi connectivity index (χ1) is 13.7. The van der Waals surface area contributed by atoms with Crippen LogP contribution < -0.4 is 10.6 Å². The summed E-state index contributed by atoms with van der Waals surface area (Å²) >= 11 is 0. The van der Waals surface area contributed by atoms with Crippen molar-refractivity contribution in [2.24, 2.45) is 0 Å². The summed E-state index contributed by atoms with van der Waals surface area (Å²) in [7, 11) is 1.62. The van der Waals surface area contributed by atoms with Crippen molar-refractivity contribution >= 4 is 17.6 Å². The van der Waals surface area contributed by atoms with E-state index in [1.54, 1.807) is 38.2 Å². The minimum absolute atomic E-state index is 0.0154. The number of rotatable bonds is 5. The van der Waals surface area contributed by atoms with Gasteiger partial charge in [0.25, 0.3) is 0 Å². The number of nitrogens with one attached hydrogen (secondary N) is 1. The highest BCUT2D eigenvalue weighted by atomic mass is 19.4. The number of benzene rings is 2. The summed E-state index contributed by atoms with van der Waals surface area (Å²) in [5.74, 6) is -0.333. The number of aromatic nitrogens is 3. The van der Waals surface area contributed by atoms with Crippen LogP contribution in [0.25, 0.3) is 5.69 Å². The molecule has 0 saturated heterocycles. The van der Waals surface area contributed by atoms with Crippen LogP contribution in [-0.2, 0) is 10.9 Å². The van der Waals surface area contributed by atoms with Gasteiger partial charge in [0.2, 0.25) is 5.95 Å². The third-order valence-corrected chi connectivity index (χ3v) is 4.11. The molecule has 0 saturated carbocycles. The monoisotopic (exact) mass is 406 g/mol. The van der Waals surface area contributed by atoms with E-state index >= 15 is 0 Å². The number of alkyl halides is 3. The Morgan fingerprint density at radius 1 is 1.21 bits per heavy atom. The Hall–Kier alpha value is -3.56. The lowest BCUT2D eigenvalue weighted by molar-refractivity contribution is -0.137. The molecular formula is C19H17F3N4O3. The van der Waals surface area contributed by atoms with E-state index < -0.39 is 23.4 Å². The molecule has 0 spiro atoms. The molecule has 0 radical (unpaired) electrons. The van der Waals surface area contributed by atoms with Crippen molar-refractivity contribution in [1.82, 2.24) is 14.8 Å². The number of ether oxygens (including phenoxy) is 1. The van der Waals surface area contributed by atoms with Crippen LogP contribution in [0.3, 0.4) is 0 Å². The van der Waals surface area contributed by atoms with Gasteiger partial charge in [-0.3, -0.25) is 4.98 Å². The van der Waals surface area contributed by atoms with Crippen LogP contribution in [0, 0.1) is 0 Å². The molecule has 29 heavy (non-hydrogen) atoms. The third kappa shape index (κ3) is 4.31. The van der Waals surface area contributed by atoms with Gasteiger partial charge >= 0.3 is 17.8 Å². The molecule has 1 heterocycles. The Morgan fingerprint density at radius 3 is 2.52 bits per heavy atom. The molecule has 10 heteroatoms. The zero-order valence-electron chi connectivity index (χ0n) is 15.5. The molecule has 7 nitrogen and oxygen atoms in total. The summed E-state index contributed by atoms with van der Waals surface area (Å²) in [4.78, 5) is 28.0. The Bertz CT molecular complexity index is 1070. The number of anilines is 2. The average Bonchev–Trinajstić information content (AvgIpc) is 3.09. The Balaban J connectivity index is 1.88. The summed E-state index contributed by atoms with van der Waals surface area (Å²) in [6.45, 7) is 1.96. The van der Waals surface area contributed by atoms with Gasteiger partial charge in [0.15, 0.2) is 0 Å². The fourth-order valence-electron chi connectivity index (χ4n) is 2.61. The first-order valence-corrected chi connectivity index (χ1v) is 8.58. The van der Waals surface area contributed by atoms with E-state index in [-0.39, 0.29) is 18.2 Å². The molecular weight excluding hydrogens is 389 g/mol.